The van der Waals surface area contributed by atoms with Crippen LogP contribution in [-0.4, -0.2) is 22.7 Å². The third kappa shape index (κ3) is 2.90. The fourth-order valence-electron chi connectivity index (χ4n) is 1.86. The van der Waals surface area contributed by atoms with Gasteiger partial charge in [0.1, 0.15) is 0 Å². The lowest BCUT2D eigenvalue weighted by Gasteiger charge is -2.12. The van der Waals surface area contributed by atoms with Gasteiger partial charge >= 0.3 is 0 Å². The number of carbonyl (C=O) groups is 1. The number of aromatic nitrogens is 2. The first-order valence-electron chi connectivity index (χ1n) is 6.41. The number of hydrogen-bond acceptors (Lipinski definition) is 4. The van der Waals surface area contributed by atoms with E-state index in [0.29, 0.717) is 30.2 Å². The van der Waals surface area contributed by atoms with Crippen molar-refractivity contribution >= 4 is 11.6 Å². The molecule has 6 nitrogen and oxygen atoms in total. The quantitative estimate of drug-likeness (QED) is 0.722. The van der Waals surface area contributed by atoms with E-state index < -0.39 is 0 Å². The highest BCUT2D eigenvalue weighted by Gasteiger charge is 2.15. The van der Waals surface area contributed by atoms with E-state index in [0.717, 1.165) is 11.3 Å². The van der Waals surface area contributed by atoms with E-state index in [2.05, 4.69) is 15.5 Å². The van der Waals surface area contributed by atoms with Crippen molar-refractivity contribution in [1.29, 1.82) is 0 Å². The van der Waals surface area contributed by atoms with Crippen LogP contribution in [0.1, 0.15) is 28.5 Å². The van der Waals surface area contributed by atoms with Crippen LogP contribution in [0.15, 0.2) is 24.4 Å². The maximum atomic E-state index is 12.2. The van der Waals surface area contributed by atoms with Crippen LogP contribution in [0.5, 0.6) is 5.75 Å². The first kappa shape index (κ1) is 13.9. The van der Waals surface area contributed by atoms with Crippen LogP contribution in [0.4, 0.5) is 5.69 Å². The van der Waals surface area contributed by atoms with E-state index in [-0.39, 0.29) is 5.91 Å². The van der Waals surface area contributed by atoms with Crippen LogP contribution in [0.2, 0.25) is 0 Å². The molecule has 0 saturated carbocycles. The molecule has 0 spiro atoms. The number of ether oxygens (including phenoxy) is 1. The first-order chi connectivity index (χ1) is 9.63. The molecule has 6 heteroatoms. The van der Waals surface area contributed by atoms with Gasteiger partial charge in [0.15, 0.2) is 5.75 Å². The van der Waals surface area contributed by atoms with Crippen LogP contribution in [0.3, 0.4) is 0 Å². The summed E-state index contributed by atoms with van der Waals surface area (Å²) >= 11 is 0. The first-order valence-corrected chi connectivity index (χ1v) is 6.41. The molecule has 106 valence electrons. The third-order valence-electron chi connectivity index (χ3n) is 2.95. The Morgan fingerprint density at radius 1 is 1.50 bits per heavy atom. The smallest absolute Gasteiger partial charge is 0.255 e. The van der Waals surface area contributed by atoms with Crippen LogP contribution in [0, 0.1) is 6.92 Å². The average molecular weight is 274 g/mol. The largest absolute Gasteiger partial charge is 0.491 e. The highest BCUT2D eigenvalue weighted by Crippen LogP contribution is 2.26. The molecule has 0 aliphatic rings. The SMILES string of the molecule is CCOc1c(N)cccc1C(=O)NCc1cn[nH]c1C. The zero-order chi connectivity index (χ0) is 14.5. The fraction of sp³-hybridized carbons (Fsp3) is 0.286. The van der Waals surface area contributed by atoms with Crippen LogP contribution < -0.4 is 15.8 Å². The minimum Gasteiger partial charge on any atom is -0.491 e. The van der Waals surface area contributed by atoms with E-state index in [1.807, 2.05) is 13.8 Å². The molecule has 0 unspecified atom stereocenters. The number of para-hydroxylation sites is 1. The van der Waals surface area contributed by atoms with Gasteiger partial charge in [0, 0.05) is 17.8 Å². The van der Waals surface area contributed by atoms with Gasteiger partial charge in [0.05, 0.1) is 24.1 Å². The topological polar surface area (TPSA) is 93.0 Å². The molecular weight excluding hydrogens is 256 g/mol. The number of aryl methyl sites for hydroxylation is 1. The molecule has 0 bridgehead atoms. The zero-order valence-electron chi connectivity index (χ0n) is 11.6. The monoisotopic (exact) mass is 274 g/mol. The van der Waals surface area contributed by atoms with E-state index in [4.69, 9.17) is 10.5 Å². The summed E-state index contributed by atoms with van der Waals surface area (Å²) in [6, 6.07) is 5.14. The number of benzene rings is 1. The summed E-state index contributed by atoms with van der Waals surface area (Å²) in [6.07, 6.45) is 1.69. The highest BCUT2D eigenvalue weighted by atomic mass is 16.5. The van der Waals surface area contributed by atoms with E-state index in [9.17, 15) is 4.79 Å². The van der Waals surface area contributed by atoms with Gasteiger partial charge in [-0.3, -0.25) is 9.89 Å². The number of nitrogens with zero attached hydrogens (tertiary/aromatic N) is 1. The van der Waals surface area contributed by atoms with Gasteiger partial charge in [-0.05, 0) is 26.0 Å². The molecule has 0 fully saturated rings. The number of H-pyrrole nitrogens is 1. The van der Waals surface area contributed by atoms with E-state index in [1.165, 1.54) is 0 Å². The molecule has 2 rings (SSSR count). The summed E-state index contributed by atoms with van der Waals surface area (Å²) in [4.78, 5) is 12.2. The number of carbonyl (C=O) groups excluding carboxylic acids is 1. The molecule has 0 radical (unpaired) electrons. The predicted octanol–water partition coefficient (Wildman–Crippen LogP) is 1.63. The van der Waals surface area contributed by atoms with Crippen LogP contribution in [-0.2, 0) is 6.54 Å². The summed E-state index contributed by atoms with van der Waals surface area (Å²) in [5.74, 6) is 0.206. The number of anilines is 1. The Bertz CT molecular complexity index is 607. The molecule has 2 aromatic rings. The Morgan fingerprint density at radius 3 is 2.95 bits per heavy atom. The second-order valence-corrected chi connectivity index (χ2v) is 4.36. The molecule has 1 aromatic heterocycles. The third-order valence-corrected chi connectivity index (χ3v) is 2.95. The molecule has 0 saturated heterocycles. The Morgan fingerprint density at radius 2 is 2.30 bits per heavy atom. The lowest BCUT2D eigenvalue weighted by atomic mass is 10.1. The predicted molar refractivity (Wildman–Crippen MR) is 76.5 cm³/mol. The van der Waals surface area contributed by atoms with Crippen molar-refractivity contribution < 1.29 is 9.53 Å². The molecule has 1 amide bonds. The minimum atomic E-state index is -0.221. The average Bonchev–Trinajstić information content (AvgIpc) is 2.84. The molecule has 20 heavy (non-hydrogen) atoms. The maximum absolute atomic E-state index is 12.2. The van der Waals surface area contributed by atoms with Gasteiger partial charge in [-0.15, -0.1) is 0 Å². The summed E-state index contributed by atoms with van der Waals surface area (Å²) < 4.78 is 5.45. The molecule has 0 atom stereocenters. The molecule has 0 aliphatic carbocycles. The number of aromatic amines is 1. The Kier molecular flexibility index (Phi) is 4.24. The van der Waals surface area contributed by atoms with Crippen LogP contribution in [0.25, 0.3) is 0 Å². The van der Waals surface area contributed by atoms with E-state index in [1.54, 1.807) is 24.4 Å². The number of nitrogens with two attached hydrogens (primary N) is 1. The Balaban J connectivity index is 2.13. The number of nitrogen functional groups attached to an aromatic ring is 1. The number of amides is 1. The van der Waals surface area contributed by atoms with Gasteiger partial charge < -0.3 is 15.8 Å². The summed E-state index contributed by atoms with van der Waals surface area (Å²) in [5, 5.41) is 9.57. The van der Waals surface area contributed by atoms with Gasteiger partial charge in [-0.25, -0.2) is 0 Å². The lowest BCUT2D eigenvalue weighted by Crippen LogP contribution is -2.24. The van der Waals surface area contributed by atoms with Crippen molar-refractivity contribution in [3.8, 4) is 5.75 Å². The Labute approximate surface area is 117 Å². The van der Waals surface area contributed by atoms with E-state index >= 15 is 0 Å². The van der Waals surface area contributed by atoms with Gasteiger partial charge in [-0.2, -0.15) is 5.10 Å². The molecular formula is C14H18N4O2. The number of nitrogens with one attached hydrogen (secondary N) is 2. The van der Waals surface area contributed by atoms with Crippen molar-refractivity contribution in [2.75, 3.05) is 12.3 Å². The normalized spacial score (nSPS) is 10.3. The summed E-state index contributed by atoms with van der Waals surface area (Å²) in [7, 11) is 0. The van der Waals surface area contributed by atoms with Crippen molar-refractivity contribution in [1.82, 2.24) is 15.5 Å². The molecule has 0 aliphatic heterocycles. The standard InChI is InChI=1S/C14H18N4O2/c1-3-20-13-11(5-4-6-12(13)15)14(19)16-7-10-8-17-18-9(10)2/h4-6,8H,3,7,15H2,1-2H3,(H,16,19)(H,17,18). The second-order valence-electron chi connectivity index (χ2n) is 4.36. The van der Waals surface area contributed by atoms with Crippen LogP contribution >= 0.6 is 0 Å². The van der Waals surface area contributed by atoms with Crippen molar-refractivity contribution in [2.45, 2.75) is 20.4 Å². The molecule has 1 aromatic carbocycles. The summed E-state index contributed by atoms with van der Waals surface area (Å²) in [6.45, 7) is 4.61. The number of rotatable bonds is 5. The van der Waals surface area contributed by atoms with Crippen molar-refractivity contribution in [3.63, 3.8) is 0 Å². The second kappa shape index (κ2) is 6.10. The Hall–Kier alpha value is -2.50. The lowest BCUT2D eigenvalue weighted by molar-refractivity contribution is 0.0947. The summed E-state index contributed by atoms with van der Waals surface area (Å²) in [5.41, 5.74) is 8.61. The van der Waals surface area contributed by atoms with Crippen molar-refractivity contribution in [3.05, 3.63) is 41.2 Å². The maximum Gasteiger partial charge on any atom is 0.255 e. The van der Waals surface area contributed by atoms with Gasteiger partial charge in [0.2, 0.25) is 0 Å². The van der Waals surface area contributed by atoms with Gasteiger partial charge in [0.25, 0.3) is 5.91 Å². The number of hydrogen-bond donors (Lipinski definition) is 3. The van der Waals surface area contributed by atoms with Gasteiger partial charge in [-0.1, -0.05) is 6.07 Å². The fourth-order valence-corrected chi connectivity index (χ4v) is 1.86. The van der Waals surface area contributed by atoms with Crippen molar-refractivity contribution in [2.24, 2.45) is 0 Å². The minimum absolute atomic E-state index is 0.221. The molecule has 1 heterocycles. The highest BCUT2D eigenvalue weighted by molar-refractivity contribution is 5.98. The molecule has 4 N–H and O–H groups in total. The zero-order valence-corrected chi connectivity index (χ0v) is 11.6.